The van der Waals surface area contributed by atoms with Crippen LogP contribution in [0.2, 0.25) is 0 Å². The molecule has 3 aromatic rings. The van der Waals surface area contributed by atoms with E-state index < -0.39 is 5.97 Å². The average molecular weight is 367 g/mol. The summed E-state index contributed by atoms with van der Waals surface area (Å²) < 4.78 is 18.0. The third-order valence-corrected chi connectivity index (χ3v) is 4.40. The monoisotopic (exact) mass is 367 g/mol. The summed E-state index contributed by atoms with van der Waals surface area (Å²) in [5.41, 5.74) is 2.36. The zero-order valence-electron chi connectivity index (χ0n) is 15.5. The van der Waals surface area contributed by atoms with E-state index in [1.807, 2.05) is 55.8 Å². The maximum absolute atomic E-state index is 12.3. The molecule has 0 fully saturated rings. The van der Waals surface area contributed by atoms with Crippen molar-refractivity contribution in [3.63, 3.8) is 0 Å². The predicted octanol–water partition coefficient (Wildman–Crippen LogP) is 3.85. The summed E-state index contributed by atoms with van der Waals surface area (Å²) in [7, 11) is 1.88. The van der Waals surface area contributed by atoms with E-state index in [1.54, 1.807) is 12.1 Å². The maximum atomic E-state index is 12.3. The van der Waals surface area contributed by atoms with E-state index in [4.69, 9.17) is 13.9 Å². The van der Waals surface area contributed by atoms with Gasteiger partial charge in [0.05, 0.1) is 0 Å². The molecule has 2 aromatic heterocycles. The number of rotatable bonds is 7. The minimum absolute atomic E-state index is 0.0374. The highest BCUT2D eigenvalue weighted by molar-refractivity contribution is 6.00. The van der Waals surface area contributed by atoms with Crippen molar-refractivity contribution < 1.29 is 23.5 Å². The van der Waals surface area contributed by atoms with Crippen LogP contribution in [0.15, 0.2) is 52.9 Å². The molecule has 6 nitrogen and oxygen atoms in total. The van der Waals surface area contributed by atoms with Crippen molar-refractivity contribution in [2.45, 2.75) is 20.5 Å². The summed E-state index contributed by atoms with van der Waals surface area (Å²) in [5, 5.41) is 0. The number of carbonyl (C=O) groups is 2. The molecule has 3 rings (SSSR count). The Bertz CT molecular complexity index is 952. The molecule has 0 radical (unpaired) electrons. The number of hydrogen-bond acceptors (Lipinski definition) is 5. The molecule has 2 heterocycles. The molecule has 6 heteroatoms. The zero-order valence-corrected chi connectivity index (χ0v) is 15.5. The first-order valence-electron chi connectivity index (χ1n) is 8.55. The lowest BCUT2D eigenvalue weighted by molar-refractivity contribution is 0.0440. The highest BCUT2D eigenvalue weighted by Gasteiger charge is 2.18. The van der Waals surface area contributed by atoms with Crippen LogP contribution in [0.5, 0.6) is 5.75 Å². The lowest BCUT2D eigenvalue weighted by Crippen LogP contribution is -2.14. The zero-order chi connectivity index (χ0) is 19.4. The molecule has 0 amide bonds. The first-order chi connectivity index (χ1) is 13.0. The number of aromatic nitrogens is 1. The van der Waals surface area contributed by atoms with Gasteiger partial charge in [-0.05, 0) is 44.2 Å². The second-order valence-electron chi connectivity index (χ2n) is 6.21. The predicted molar refractivity (Wildman–Crippen MR) is 99.0 cm³/mol. The normalized spacial score (nSPS) is 10.6. The van der Waals surface area contributed by atoms with Gasteiger partial charge in [-0.3, -0.25) is 4.79 Å². The van der Waals surface area contributed by atoms with Crippen LogP contribution in [0.3, 0.4) is 0 Å². The molecule has 0 atom stereocenters. The van der Waals surface area contributed by atoms with Gasteiger partial charge in [0.2, 0.25) is 11.5 Å². The molecule has 0 saturated heterocycles. The van der Waals surface area contributed by atoms with Gasteiger partial charge in [-0.25, -0.2) is 4.79 Å². The van der Waals surface area contributed by atoms with Crippen LogP contribution in [-0.4, -0.2) is 22.9 Å². The van der Waals surface area contributed by atoms with Gasteiger partial charge in [0.1, 0.15) is 18.1 Å². The standard InChI is InChI=1S/C21H21NO5/c1-14-11-18(15(2)22(14)3)19(23)13-26-21(24)20-10-9-17(27-20)12-25-16-7-5-4-6-8-16/h4-11H,12-13H2,1-3H3. The highest BCUT2D eigenvalue weighted by atomic mass is 16.5. The number of nitrogens with zero attached hydrogens (tertiary/aromatic N) is 1. The number of benzene rings is 1. The Balaban J connectivity index is 1.54. The van der Waals surface area contributed by atoms with Crippen molar-refractivity contribution in [1.82, 2.24) is 4.57 Å². The summed E-state index contributed by atoms with van der Waals surface area (Å²) >= 11 is 0. The van der Waals surface area contributed by atoms with Gasteiger partial charge in [0.25, 0.3) is 0 Å². The van der Waals surface area contributed by atoms with E-state index in [1.165, 1.54) is 6.07 Å². The Morgan fingerprint density at radius 3 is 2.48 bits per heavy atom. The number of hydrogen-bond donors (Lipinski definition) is 0. The average Bonchev–Trinajstić information content (AvgIpc) is 3.26. The lowest BCUT2D eigenvalue weighted by atomic mass is 10.1. The number of Topliss-reactive ketones (excluding diaryl/α,β-unsaturated/α-hetero) is 1. The van der Waals surface area contributed by atoms with E-state index in [9.17, 15) is 9.59 Å². The molecule has 0 unspecified atom stereocenters. The highest BCUT2D eigenvalue weighted by Crippen LogP contribution is 2.16. The number of ether oxygens (including phenoxy) is 2. The van der Waals surface area contributed by atoms with Crippen molar-refractivity contribution in [1.29, 1.82) is 0 Å². The summed E-state index contributed by atoms with van der Waals surface area (Å²) in [5.74, 6) is 0.308. The fourth-order valence-corrected chi connectivity index (χ4v) is 2.65. The molecule has 0 aliphatic carbocycles. The Morgan fingerprint density at radius 1 is 1.07 bits per heavy atom. The van der Waals surface area contributed by atoms with Crippen molar-refractivity contribution in [3.8, 4) is 5.75 Å². The molecule has 0 aliphatic heterocycles. The fourth-order valence-electron chi connectivity index (χ4n) is 2.65. The number of ketones is 1. The Morgan fingerprint density at radius 2 is 1.81 bits per heavy atom. The van der Waals surface area contributed by atoms with Crippen LogP contribution in [-0.2, 0) is 18.4 Å². The van der Waals surface area contributed by atoms with Crippen LogP contribution in [0.4, 0.5) is 0 Å². The van der Waals surface area contributed by atoms with Gasteiger partial charge in [-0.1, -0.05) is 18.2 Å². The number of aryl methyl sites for hydroxylation is 1. The molecule has 1 aromatic carbocycles. The molecule has 0 spiro atoms. The van der Waals surface area contributed by atoms with Gasteiger partial charge in [0.15, 0.2) is 6.61 Å². The minimum Gasteiger partial charge on any atom is -0.486 e. The molecular formula is C21H21NO5. The van der Waals surface area contributed by atoms with Crippen molar-refractivity contribution >= 4 is 11.8 Å². The van der Waals surface area contributed by atoms with E-state index in [0.717, 1.165) is 11.4 Å². The molecule has 140 valence electrons. The minimum atomic E-state index is -0.681. The Labute approximate surface area is 157 Å². The first kappa shape index (κ1) is 18.5. The topological polar surface area (TPSA) is 70.7 Å². The SMILES string of the molecule is Cc1cc(C(=O)COC(=O)c2ccc(COc3ccccc3)o2)c(C)n1C. The van der Waals surface area contributed by atoms with Crippen LogP contribution < -0.4 is 4.74 Å². The maximum Gasteiger partial charge on any atom is 0.374 e. The van der Waals surface area contributed by atoms with Crippen LogP contribution in [0.25, 0.3) is 0 Å². The van der Waals surface area contributed by atoms with Crippen molar-refractivity contribution in [2.75, 3.05) is 6.61 Å². The van der Waals surface area contributed by atoms with E-state index in [-0.39, 0.29) is 24.8 Å². The van der Waals surface area contributed by atoms with Crippen molar-refractivity contribution in [3.05, 3.63) is 77.0 Å². The quantitative estimate of drug-likeness (QED) is 0.468. The van der Waals surface area contributed by atoms with Crippen molar-refractivity contribution in [2.24, 2.45) is 7.05 Å². The molecule has 0 saturated carbocycles. The van der Waals surface area contributed by atoms with E-state index >= 15 is 0 Å². The van der Waals surface area contributed by atoms with Crippen LogP contribution >= 0.6 is 0 Å². The summed E-state index contributed by atoms with van der Waals surface area (Å²) in [6.07, 6.45) is 0. The largest absolute Gasteiger partial charge is 0.486 e. The van der Waals surface area contributed by atoms with E-state index in [0.29, 0.717) is 17.1 Å². The molecule has 27 heavy (non-hydrogen) atoms. The third kappa shape index (κ3) is 4.28. The van der Waals surface area contributed by atoms with Gasteiger partial charge in [0, 0.05) is 24.0 Å². The summed E-state index contributed by atoms with van der Waals surface area (Å²) in [6.45, 7) is 3.63. The molecule has 0 N–H and O–H groups in total. The first-order valence-corrected chi connectivity index (χ1v) is 8.55. The Kier molecular flexibility index (Phi) is 5.45. The van der Waals surface area contributed by atoms with Gasteiger partial charge < -0.3 is 18.5 Å². The fraction of sp³-hybridized carbons (Fsp3) is 0.238. The van der Waals surface area contributed by atoms with Gasteiger partial charge in [-0.15, -0.1) is 0 Å². The molecule has 0 aliphatic rings. The smallest absolute Gasteiger partial charge is 0.374 e. The summed E-state index contributed by atoms with van der Waals surface area (Å²) in [6, 6.07) is 14.2. The second kappa shape index (κ2) is 7.95. The molecule has 0 bridgehead atoms. The number of esters is 1. The van der Waals surface area contributed by atoms with E-state index in [2.05, 4.69) is 0 Å². The van der Waals surface area contributed by atoms with Gasteiger partial charge in [-0.2, -0.15) is 0 Å². The Hall–Kier alpha value is -3.28. The second-order valence-corrected chi connectivity index (χ2v) is 6.21. The lowest BCUT2D eigenvalue weighted by Gasteiger charge is -2.04. The molecular weight excluding hydrogens is 346 g/mol. The number of carbonyl (C=O) groups excluding carboxylic acids is 2. The van der Waals surface area contributed by atoms with Crippen LogP contribution in [0.1, 0.15) is 38.1 Å². The summed E-state index contributed by atoms with van der Waals surface area (Å²) in [4.78, 5) is 24.4. The number of para-hydroxylation sites is 1. The third-order valence-electron chi connectivity index (χ3n) is 4.40. The van der Waals surface area contributed by atoms with Crippen LogP contribution in [0, 0.1) is 13.8 Å². The number of furan rings is 1. The van der Waals surface area contributed by atoms with Gasteiger partial charge >= 0.3 is 5.97 Å².